The Hall–Kier alpha value is -1.49. The summed E-state index contributed by atoms with van der Waals surface area (Å²) in [5.41, 5.74) is 1.38. The van der Waals surface area contributed by atoms with Gasteiger partial charge in [-0.2, -0.15) is 0 Å². The van der Waals surface area contributed by atoms with Gasteiger partial charge in [0.25, 0.3) is 0 Å². The lowest BCUT2D eigenvalue weighted by Gasteiger charge is -2.14. The Morgan fingerprint density at radius 3 is 2.55 bits per heavy atom. The van der Waals surface area contributed by atoms with Crippen LogP contribution in [0.2, 0.25) is 0 Å². The van der Waals surface area contributed by atoms with Gasteiger partial charge in [-0.15, -0.1) is 24.5 Å². The molecule has 0 aliphatic carbocycles. The summed E-state index contributed by atoms with van der Waals surface area (Å²) in [5.74, 6) is -0.0742. The van der Waals surface area contributed by atoms with Crippen molar-refractivity contribution in [3.63, 3.8) is 0 Å². The zero-order valence-corrected chi connectivity index (χ0v) is 13.3. The Bertz CT molecular complexity index is 576. The third kappa shape index (κ3) is 5.05. The number of unbranched alkanes of at least 4 members (excludes halogenated alkanes) is 3. The van der Waals surface area contributed by atoms with Crippen LogP contribution >= 0.6 is 11.3 Å². The fourth-order valence-electron chi connectivity index (χ4n) is 2.32. The molecule has 0 atom stereocenters. The van der Waals surface area contributed by atoms with Crippen molar-refractivity contribution >= 4 is 11.3 Å². The molecular formula is C17H19F3OS. The van der Waals surface area contributed by atoms with E-state index in [0.717, 1.165) is 36.1 Å². The summed E-state index contributed by atoms with van der Waals surface area (Å²) >= 11 is 1.50. The van der Waals surface area contributed by atoms with Gasteiger partial charge in [-0.25, -0.2) is 0 Å². The van der Waals surface area contributed by atoms with Gasteiger partial charge in [0.15, 0.2) is 0 Å². The monoisotopic (exact) mass is 328 g/mol. The topological polar surface area (TPSA) is 9.23 Å². The van der Waals surface area contributed by atoms with Crippen molar-refractivity contribution in [2.75, 3.05) is 0 Å². The SMILES string of the molecule is CCCCCCc1ccc(-c2cccs2)cc1OC(F)(F)F. The third-order valence-electron chi connectivity index (χ3n) is 3.40. The molecule has 0 unspecified atom stereocenters. The molecule has 0 bridgehead atoms. The number of rotatable bonds is 7. The number of hydrogen-bond acceptors (Lipinski definition) is 2. The van der Waals surface area contributed by atoms with Crippen LogP contribution in [0.3, 0.4) is 0 Å². The summed E-state index contributed by atoms with van der Waals surface area (Å²) in [6.45, 7) is 2.11. The number of alkyl halides is 3. The Morgan fingerprint density at radius 1 is 1.09 bits per heavy atom. The lowest BCUT2D eigenvalue weighted by molar-refractivity contribution is -0.274. The van der Waals surface area contributed by atoms with E-state index in [0.29, 0.717) is 12.0 Å². The van der Waals surface area contributed by atoms with Gasteiger partial charge in [-0.1, -0.05) is 44.4 Å². The maximum Gasteiger partial charge on any atom is 0.573 e. The number of thiophene rings is 1. The number of benzene rings is 1. The average molecular weight is 328 g/mol. The lowest BCUT2D eigenvalue weighted by Crippen LogP contribution is -2.18. The number of ether oxygens (including phenoxy) is 1. The molecule has 0 N–H and O–H groups in total. The van der Waals surface area contributed by atoms with Crippen molar-refractivity contribution in [1.82, 2.24) is 0 Å². The lowest BCUT2D eigenvalue weighted by atomic mass is 10.0. The van der Waals surface area contributed by atoms with E-state index in [1.165, 1.54) is 17.4 Å². The highest BCUT2D eigenvalue weighted by atomic mass is 32.1. The number of hydrogen-bond donors (Lipinski definition) is 0. The number of aryl methyl sites for hydroxylation is 1. The standard InChI is InChI=1S/C17H19F3OS/c1-2-3-4-5-7-13-9-10-14(16-8-6-11-22-16)12-15(13)21-17(18,19)20/h6,8-12H,2-5,7H2,1H3. The highest BCUT2D eigenvalue weighted by Crippen LogP contribution is 2.34. The molecule has 1 heterocycles. The normalized spacial score (nSPS) is 11.6. The van der Waals surface area contributed by atoms with E-state index in [2.05, 4.69) is 11.7 Å². The molecule has 0 fully saturated rings. The van der Waals surface area contributed by atoms with E-state index >= 15 is 0 Å². The zero-order chi connectivity index (χ0) is 16.0. The van der Waals surface area contributed by atoms with Crippen molar-refractivity contribution in [1.29, 1.82) is 0 Å². The van der Waals surface area contributed by atoms with Crippen molar-refractivity contribution < 1.29 is 17.9 Å². The highest BCUT2D eigenvalue weighted by molar-refractivity contribution is 7.13. The molecule has 0 radical (unpaired) electrons. The maximum absolute atomic E-state index is 12.6. The molecular weight excluding hydrogens is 309 g/mol. The average Bonchev–Trinajstić information content (AvgIpc) is 2.97. The second-order valence-electron chi connectivity index (χ2n) is 5.16. The largest absolute Gasteiger partial charge is 0.573 e. The van der Waals surface area contributed by atoms with Gasteiger partial charge < -0.3 is 4.74 Å². The quantitative estimate of drug-likeness (QED) is 0.532. The smallest absolute Gasteiger partial charge is 0.405 e. The van der Waals surface area contributed by atoms with E-state index in [9.17, 15) is 13.2 Å². The van der Waals surface area contributed by atoms with Crippen molar-refractivity contribution in [3.05, 3.63) is 41.3 Å². The van der Waals surface area contributed by atoms with Crippen LogP contribution in [0.5, 0.6) is 5.75 Å². The van der Waals surface area contributed by atoms with Gasteiger partial charge in [0.05, 0.1) is 0 Å². The van der Waals surface area contributed by atoms with Crippen molar-refractivity contribution in [3.8, 4) is 16.2 Å². The van der Waals surface area contributed by atoms with Crippen LogP contribution in [0.15, 0.2) is 35.7 Å². The van der Waals surface area contributed by atoms with Gasteiger partial charge in [0.2, 0.25) is 0 Å². The van der Waals surface area contributed by atoms with Crippen LogP contribution in [0.1, 0.15) is 38.2 Å². The minimum atomic E-state index is -4.66. The fraction of sp³-hybridized carbons (Fsp3) is 0.412. The van der Waals surface area contributed by atoms with E-state index in [4.69, 9.17) is 0 Å². The van der Waals surface area contributed by atoms with Crippen molar-refractivity contribution in [2.24, 2.45) is 0 Å². The van der Waals surface area contributed by atoms with Gasteiger partial charge in [0, 0.05) is 4.88 Å². The third-order valence-corrected chi connectivity index (χ3v) is 4.32. The summed E-state index contributed by atoms with van der Waals surface area (Å²) in [6.07, 6.45) is 0.0450. The van der Waals surface area contributed by atoms with Crippen LogP contribution in [-0.2, 0) is 6.42 Å². The van der Waals surface area contributed by atoms with E-state index in [1.54, 1.807) is 6.07 Å². The first-order chi connectivity index (χ1) is 10.5. The molecule has 5 heteroatoms. The first-order valence-corrected chi connectivity index (χ1v) is 8.30. The fourth-order valence-corrected chi connectivity index (χ4v) is 3.04. The minimum absolute atomic E-state index is 0.0742. The van der Waals surface area contributed by atoms with Gasteiger partial charge in [-0.05, 0) is 41.5 Å². The molecule has 120 valence electrons. The van der Waals surface area contributed by atoms with Crippen LogP contribution in [0.4, 0.5) is 13.2 Å². The van der Waals surface area contributed by atoms with Crippen molar-refractivity contribution in [2.45, 2.75) is 45.4 Å². The minimum Gasteiger partial charge on any atom is -0.405 e. The Morgan fingerprint density at radius 2 is 1.91 bits per heavy atom. The highest BCUT2D eigenvalue weighted by Gasteiger charge is 2.32. The zero-order valence-electron chi connectivity index (χ0n) is 12.5. The van der Waals surface area contributed by atoms with E-state index in [-0.39, 0.29) is 5.75 Å². The second-order valence-corrected chi connectivity index (χ2v) is 6.11. The number of halogens is 3. The molecule has 1 nitrogen and oxygen atoms in total. The molecule has 22 heavy (non-hydrogen) atoms. The maximum atomic E-state index is 12.6. The van der Waals surface area contributed by atoms with E-state index in [1.807, 2.05) is 23.6 Å². The molecule has 2 rings (SSSR count). The molecule has 1 aromatic heterocycles. The Balaban J connectivity index is 2.20. The molecule has 0 aliphatic rings. The summed E-state index contributed by atoms with van der Waals surface area (Å²) in [5, 5.41) is 1.90. The molecule has 0 amide bonds. The Labute approximate surface area is 132 Å². The van der Waals surface area contributed by atoms with Gasteiger partial charge >= 0.3 is 6.36 Å². The first-order valence-electron chi connectivity index (χ1n) is 7.42. The molecule has 1 aromatic carbocycles. The summed E-state index contributed by atoms with van der Waals surface area (Å²) < 4.78 is 42.1. The molecule has 0 aliphatic heterocycles. The summed E-state index contributed by atoms with van der Waals surface area (Å²) in [7, 11) is 0. The summed E-state index contributed by atoms with van der Waals surface area (Å²) in [4.78, 5) is 0.935. The molecule has 0 saturated carbocycles. The van der Waals surface area contributed by atoms with Crippen LogP contribution in [-0.4, -0.2) is 6.36 Å². The first kappa shape index (κ1) is 16.9. The van der Waals surface area contributed by atoms with Crippen LogP contribution in [0.25, 0.3) is 10.4 Å². The van der Waals surface area contributed by atoms with Crippen LogP contribution < -0.4 is 4.74 Å². The van der Waals surface area contributed by atoms with Gasteiger partial charge in [-0.3, -0.25) is 0 Å². The Kier molecular flexibility index (Phi) is 5.89. The van der Waals surface area contributed by atoms with E-state index < -0.39 is 6.36 Å². The summed E-state index contributed by atoms with van der Waals surface area (Å²) in [6, 6.07) is 8.88. The second kappa shape index (κ2) is 7.68. The molecule has 0 spiro atoms. The molecule has 0 saturated heterocycles. The predicted octanol–water partition coefficient (Wildman–Crippen LogP) is 6.44. The molecule has 2 aromatic rings. The predicted molar refractivity (Wildman–Crippen MR) is 84.3 cm³/mol. The van der Waals surface area contributed by atoms with Crippen LogP contribution in [0, 0.1) is 0 Å². The van der Waals surface area contributed by atoms with Gasteiger partial charge in [0.1, 0.15) is 5.75 Å².